The summed E-state index contributed by atoms with van der Waals surface area (Å²) in [5, 5.41) is 11.8. The molecule has 9 nitrogen and oxygen atoms in total. The molecule has 2 N–H and O–H groups in total. The van der Waals surface area contributed by atoms with Crippen LogP contribution < -0.4 is 5.32 Å². The van der Waals surface area contributed by atoms with Crippen molar-refractivity contribution < 1.29 is 18.7 Å². The molecule has 10 heteroatoms. The topological polar surface area (TPSA) is 118 Å². The Balaban J connectivity index is 1.43. The van der Waals surface area contributed by atoms with Gasteiger partial charge >= 0.3 is 0 Å². The van der Waals surface area contributed by atoms with E-state index in [1.807, 2.05) is 18.3 Å². The molecule has 0 saturated heterocycles. The Kier molecular flexibility index (Phi) is 5.79. The van der Waals surface area contributed by atoms with Gasteiger partial charge in [0.2, 0.25) is 11.5 Å². The largest absolute Gasteiger partial charge is 0.436 e. The summed E-state index contributed by atoms with van der Waals surface area (Å²) in [5.74, 6) is -0.0719. The third-order valence-electron chi connectivity index (χ3n) is 5.44. The average molecular weight is 472 g/mol. The molecule has 0 fully saturated rings. The minimum atomic E-state index is -0.487. The standard InChI is InChI=1S/C25H21FN6O3/c1-14-23(35-15(2)29-14)24(34)30-18-4-5-20(26)19(9-18)22-13-32-12-17(11-28-25(32)31-22)21-6-3-16(7-8-33)10-27-21/h3-6,9-13,33H,7-8H2,1-2H3,(H,30,34). The normalized spacial score (nSPS) is 11.2. The lowest BCUT2D eigenvalue weighted by molar-refractivity contribution is 0.0994. The molecule has 0 atom stereocenters. The number of halogens is 1. The molecule has 176 valence electrons. The maximum absolute atomic E-state index is 14.7. The van der Waals surface area contributed by atoms with Gasteiger partial charge in [0.05, 0.1) is 17.1 Å². The zero-order valence-corrected chi connectivity index (χ0v) is 19.0. The van der Waals surface area contributed by atoms with Crippen molar-refractivity contribution in [3.8, 4) is 22.5 Å². The van der Waals surface area contributed by atoms with Gasteiger partial charge in [-0.15, -0.1) is 0 Å². The van der Waals surface area contributed by atoms with E-state index in [1.165, 1.54) is 18.2 Å². The van der Waals surface area contributed by atoms with Crippen molar-refractivity contribution in [3.05, 3.63) is 83.8 Å². The van der Waals surface area contributed by atoms with Crippen molar-refractivity contribution in [1.82, 2.24) is 24.3 Å². The number of aromatic nitrogens is 5. The van der Waals surface area contributed by atoms with E-state index in [0.717, 1.165) is 11.1 Å². The summed E-state index contributed by atoms with van der Waals surface area (Å²) in [6.07, 6.45) is 7.38. The van der Waals surface area contributed by atoms with Gasteiger partial charge in [-0.05, 0) is 43.2 Å². The lowest BCUT2D eigenvalue weighted by Gasteiger charge is -2.06. The van der Waals surface area contributed by atoms with Crippen molar-refractivity contribution in [2.75, 3.05) is 11.9 Å². The molecule has 0 radical (unpaired) electrons. The molecule has 4 aromatic heterocycles. The molecule has 1 aromatic carbocycles. The van der Waals surface area contributed by atoms with Crippen LogP contribution in [0.15, 0.2) is 59.5 Å². The number of carbonyl (C=O) groups is 1. The Hall–Kier alpha value is -4.44. The Bertz CT molecular complexity index is 1540. The fraction of sp³-hybridized carbons (Fsp3) is 0.160. The quantitative estimate of drug-likeness (QED) is 0.384. The predicted molar refractivity (Wildman–Crippen MR) is 126 cm³/mol. The van der Waals surface area contributed by atoms with Crippen LogP contribution in [-0.4, -0.2) is 42.0 Å². The van der Waals surface area contributed by atoms with E-state index in [2.05, 4.69) is 25.3 Å². The Morgan fingerprint density at radius 3 is 2.66 bits per heavy atom. The Morgan fingerprint density at radius 1 is 1.09 bits per heavy atom. The van der Waals surface area contributed by atoms with Gasteiger partial charge in [-0.3, -0.25) is 14.2 Å². The highest BCUT2D eigenvalue weighted by Crippen LogP contribution is 2.27. The summed E-state index contributed by atoms with van der Waals surface area (Å²) in [5.41, 5.74) is 3.85. The van der Waals surface area contributed by atoms with Gasteiger partial charge in [0.1, 0.15) is 5.82 Å². The number of amides is 1. The SMILES string of the molecule is Cc1nc(C)c(C(=O)Nc2ccc(F)c(-c3cn4cc(-c5ccc(CCO)cn5)cnc4n3)c2)o1. The number of anilines is 1. The number of fused-ring (bicyclic) bond motifs is 1. The first-order chi connectivity index (χ1) is 16.9. The minimum Gasteiger partial charge on any atom is -0.436 e. The number of oxazole rings is 1. The zero-order valence-electron chi connectivity index (χ0n) is 19.0. The molecular weight excluding hydrogens is 451 g/mol. The number of aliphatic hydroxyl groups excluding tert-OH is 1. The third kappa shape index (κ3) is 4.51. The molecule has 4 heterocycles. The van der Waals surface area contributed by atoms with E-state index in [4.69, 9.17) is 9.52 Å². The number of aliphatic hydroxyl groups is 1. The molecule has 0 aliphatic carbocycles. The second-order valence-electron chi connectivity index (χ2n) is 8.00. The number of pyridine rings is 1. The van der Waals surface area contributed by atoms with Gasteiger partial charge in [-0.2, -0.15) is 0 Å². The van der Waals surface area contributed by atoms with Gasteiger partial charge < -0.3 is 14.8 Å². The summed E-state index contributed by atoms with van der Waals surface area (Å²) in [6, 6.07) is 8.00. The lowest BCUT2D eigenvalue weighted by Crippen LogP contribution is -2.12. The van der Waals surface area contributed by atoms with E-state index >= 15 is 0 Å². The van der Waals surface area contributed by atoms with Crippen LogP contribution in [0.2, 0.25) is 0 Å². The highest BCUT2D eigenvalue weighted by molar-refractivity contribution is 6.03. The molecule has 0 unspecified atom stereocenters. The number of hydrogen-bond acceptors (Lipinski definition) is 7. The van der Waals surface area contributed by atoms with Crippen LogP contribution in [0.1, 0.15) is 27.7 Å². The van der Waals surface area contributed by atoms with Crippen molar-refractivity contribution in [3.63, 3.8) is 0 Å². The number of hydrogen-bond donors (Lipinski definition) is 2. The first-order valence-corrected chi connectivity index (χ1v) is 10.9. The number of nitrogens with one attached hydrogen (secondary N) is 1. The Labute approximate surface area is 199 Å². The average Bonchev–Trinajstić information content (AvgIpc) is 3.42. The van der Waals surface area contributed by atoms with E-state index in [9.17, 15) is 9.18 Å². The van der Waals surface area contributed by atoms with Crippen LogP contribution in [0, 0.1) is 19.7 Å². The van der Waals surface area contributed by atoms with Crippen molar-refractivity contribution in [1.29, 1.82) is 0 Å². The second-order valence-corrected chi connectivity index (χ2v) is 8.00. The van der Waals surface area contributed by atoms with Crippen LogP contribution in [0.25, 0.3) is 28.3 Å². The number of imidazole rings is 1. The second kappa shape index (κ2) is 9.07. The summed E-state index contributed by atoms with van der Waals surface area (Å²) in [6.45, 7) is 3.40. The molecule has 0 bridgehead atoms. The van der Waals surface area contributed by atoms with Crippen molar-refractivity contribution >= 4 is 17.4 Å². The van der Waals surface area contributed by atoms with Gasteiger partial charge in [-0.1, -0.05) is 6.07 Å². The van der Waals surface area contributed by atoms with Gasteiger partial charge in [0.25, 0.3) is 5.91 Å². The summed E-state index contributed by atoms with van der Waals surface area (Å²) in [7, 11) is 0. The Morgan fingerprint density at radius 2 is 1.94 bits per heavy atom. The number of carbonyl (C=O) groups excluding carboxylic acids is 1. The molecule has 5 aromatic rings. The lowest BCUT2D eigenvalue weighted by atomic mass is 10.1. The van der Waals surface area contributed by atoms with Gasteiger partial charge in [0, 0.05) is 55.1 Å². The maximum atomic E-state index is 14.7. The van der Waals surface area contributed by atoms with Crippen molar-refractivity contribution in [2.45, 2.75) is 20.3 Å². The first kappa shape index (κ1) is 22.4. The van der Waals surface area contributed by atoms with Gasteiger partial charge in [0.15, 0.2) is 5.89 Å². The summed E-state index contributed by atoms with van der Waals surface area (Å²) in [4.78, 5) is 29.9. The molecular formula is C25H21FN6O3. The molecule has 0 saturated carbocycles. The summed E-state index contributed by atoms with van der Waals surface area (Å²) < 4.78 is 21.8. The van der Waals surface area contributed by atoms with E-state index in [-0.39, 0.29) is 17.9 Å². The zero-order chi connectivity index (χ0) is 24.5. The smallest absolute Gasteiger partial charge is 0.293 e. The third-order valence-corrected chi connectivity index (χ3v) is 5.44. The number of benzene rings is 1. The molecule has 0 aliphatic heterocycles. The fourth-order valence-electron chi connectivity index (χ4n) is 3.75. The number of nitrogens with zero attached hydrogens (tertiary/aromatic N) is 5. The highest BCUT2D eigenvalue weighted by atomic mass is 19.1. The molecule has 35 heavy (non-hydrogen) atoms. The first-order valence-electron chi connectivity index (χ1n) is 10.9. The fourth-order valence-corrected chi connectivity index (χ4v) is 3.75. The van der Waals surface area contributed by atoms with Gasteiger partial charge in [-0.25, -0.2) is 19.3 Å². The molecule has 1 amide bonds. The molecule has 0 spiro atoms. The van der Waals surface area contributed by atoms with Crippen LogP contribution in [-0.2, 0) is 6.42 Å². The predicted octanol–water partition coefficient (Wildman–Crippen LogP) is 3.99. The van der Waals surface area contributed by atoms with Crippen LogP contribution in [0.3, 0.4) is 0 Å². The number of rotatable bonds is 6. The van der Waals surface area contributed by atoms with Crippen LogP contribution >= 0.6 is 0 Å². The number of aryl methyl sites for hydroxylation is 2. The van der Waals surface area contributed by atoms with Crippen molar-refractivity contribution in [2.24, 2.45) is 0 Å². The maximum Gasteiger partial charge on any atom is 0.293 e. The van der Waals surface area contributed by atoms with Crippen LogP contribution in [0.5, 0.6) is 0 Å². The minimum absolute atomic E-state index is 0.0627. The summed E-state index contributed by atoms with van der Waals surface area (Å²) >= 11 is 0. The van der Waals surface area contributed by atoms with E-state index < -0.39 is 11.7 Å². The van der Waals surface area contributed by atoms with Crippen LogP contribution in [0.4, 0.5) is 10.1 Å². The monoisotopic (exact) mass is 472 g/mol. The molecule has 5 rings (SSSR count). The highest BCUT2D eigenvalue weighted by Gasteiger charge is 2.18. The molecule has 0 aliphatic rings. The van der Waals surface area contributed by atoms with E-state index in [0.29, 0.717) is 40.9 Å². The van der Waals surface area contributed by atoms with E-state index in [1.54, 1.807) is 36.8 Å².